The maximum atomic E-state index is 13.4. The van der Waals surface area contributed by atoms with Crippen LogP contribution in [0.1, 0.15) is 54.4 Å². The smallest absolute Gasteiger partial charge is 0.419 e. The highest BCUT2D eigenvalue weighted by atomic mass is 35.5. The minimum atomic E-state index is -4.57. The van der Waals surface area contributed by atoms with E-state index in [-0.39, 0.29) is 23.8 Å². The van der Waals surface area contributed by atoms with Crippen molar-refractivity contribution >= 4 is 17.6 Å². The van der Waals surface area contributed by atoms with Crippen LogP contribution in [0.15, 0.2) is 30.3 Å². The zero-order chi connectivity index (χ0) is 20.5. The quantitative estimate of drug-likeness (QED) is 0.404. The van der Waals surface area contributed by atoms with Crippen LogP contribution in [-0.2, 0) is 17.6 Å². The van der Waals surface area contributed by atoms with Crippen LogP contribution in [0.25, 0.3) is 0 Å². The number of carbonyl (C=O) groups is 1. The topological polar surface area (TPSA) is 35.5 Å². The first kappa shape index (κ1) is 20.5. The number of esters is 1. The number of ether oxygens (including phenoxy) is 2. The molecule has 0 atom stereocenters. The van der Waals surface area contributed by atoms with E-state index in [0.717, 1.165) is 24.5 Å². The van der Waals surface area contributed by atoms with Gasteiger partial charge in [-0.05, 0) is 55.0 Å². The fraction of sp³-hybridized carbons (Fsp3) is 0.381. The predicted molar refractivity (Wildman–Crippen MR) is 99.9 cm³/mol. The Labute approximate surface area is 166 Å². The molecule has 3 nitrogen and oxygen atoms in total. The standard InChI is InChI=1S/C21H20ClF3O3/c1-3-20(26)28-18-6-4-5-14(13-7-8-13)15(18)11-27-19-10-17(22)12(2)9-16(19)21(23,24)25/h4-6,9-10,13H,3,7-8,11H2,1-2H3. The molecule has 3 rings (SSSR count). The molecule has 2 aromatic rings. The van der Waals surface area contributed by atoms with Crippen molar-refractivity contribution < 1.29 is 27.4 Å². The van der Waals surface area contributed by atoms with Crippen LogP contribution in [-0.4, -0.2) is 5.97 Å². The fourth-order valence-corrected chi connectivity index (χ4v) is 3.11. The maximum absolute atomic E-state index is 13.4. The summed E-state index contributed by atoms with van der Waals surface area (Å²) in [5, 5.41) is 0.191. The summed E-state index contributed by atoms with van der Waals surface area (Å²) in [5.74, 6) is -0.129. The van der Waals surface area contributed by atoms with Crippen molar-refractivity contribution in [2.45, 2.75) is 51.8 Å². The number of hydrogen-bond acceptors (Lipinski definition) is 3. The SMILES string of the molecule is CCC(=O)Oc1cccc(C2CC2)c1COc1cc(Cl)c(C)cc1C(F)(F)F. The lowest BCUT2D eigenvalue weighted by Gasteiger charge is -2.18. The van der Waals surface area contributed by atoms with Gasteiger partial charge in [0.1, 0.15) is 18.1 Å². The molecule has 0 amide bonds. The molecule has 0 saturated heterocycles. The molecule has 7 heteroatoms. The third kappa shape index (κ3) is 4.61. The second-order valence-corrected chi connectivity index (χ2v) is 7.22. The normalized spacial score (nSPS) is 14.1. The third-order valence-electron chi connectivity index (χ3n) is 4.64. The Bertz CT molecular complexity index is 889. The van der Waals surface area contributed by atoms with E-state index in [9.17, 15) is 18.0 Å². The Hall–Kier alpha value is -2.21. The van der Waals surface area contributed by atoms with Gasteiger partial charge in [0, 0.05) is 17.0 Å². The number of rotatable bonds is 6. The van der Waals surface area contributed by atoms with E-state index in [1.54, 1.807) is 19.1 Å². The minimum Gasteiger partial charge on any atom is -0.488 e. The molecule has 0 N–H and O–H groups in total. The van der Waals surface area contributed by atoms with Crippen molar-refractivity contribution in [3.63, 3.8) is 0 Å². The molecule has 0 spiro atoms. The first-order valence-corrected chi connectivity index (χ1v) is 9.41. The molecule has 1 fully saturated rings. The van der Waals surface area contributed by atoms with E-state index in [0.29, 0.717) is 22.8 Å². The molecular weight excluding hydrogens is 393 g/mol. The molecule has 0 aliphatic heterocycles. The van der Waals surface area contributed by atoms with Crippen molar-refractivity contribution in [2.75, 3.05) is 0 Å². The summed E-state index contributed by atoms with van der Waals surface area (Å²) in [7, 11) is 0. The van der Waals surface area contributed by atoms with Gasteiger partial charge in [-0.2, -0.15) is 13.2 Å². The molecule has 150 valence electrons. The van der Waals surface area contributed by atoms with Gasteiger partial charge in [-0.3, -0.25) is 4.79 Å². The molecule has 1 aliphatic carbocycles. The van der Waals surface area contributed by atoms with Crippen LogP contribution in [0, 0.1) is 6.92 Å². The largest absolute Gasteiger partial charge is 0.488 e. The molecule has 2 aromatic carbocycles. The van der Waals surface area contributed by atoms with E-state index in [1.807, 2.05) is 6.07 Å². The van der Waals surface area contributed by atoms with Crippen molar-refractivity contribution in [2.24, 2.45) is 0 Å². The Kier molecular flexibility index (Phi) is 5.89. The number of hydrogen-bond donors (Lipinski definition) is 0. The van der Waals surface area contributed by atoms with Gasteiger partial charge in [-0.25, -0.2) is 0 Å². The van der Waals surface area contributed by atoms with Gasteiger partial charge in [0.2, 0.25) is 0 Å². The highest BCUT2D eigenvalue weighted by Gasteiger charge is 2.35. The minimum absolute atomic E-state index is 0.151. The van der Waals surface area contributed by atoms with E-state index < -0.39 is 17.7 Å². The second-order valence-electron chi connectivity index (χ2n) is 6.81. The number of benzene rings is 2. The highest BCUT2D eigenvalue weighted by molar-refractivity contribution is 6.31. The van der Waals surface area contributed by atoms with Gasteiger partial charge in [0.05, 0.1) is 5.56 Å². The van der Waals surface area contributed by atoms with Gasteiger partial charge in [-0.1, -0.05) is 30.7 Å². The Morgan fingerprint density at radius 3 is 2.54 bits per heavy atom. The van der Waals surface area contributed by atoms with Gasteiger partial charge < -0.3 is 9.47 Å². The monoisotopic (exact) mass is 412 g/mol. The molecule has 28 heavy (non-hydrogen) atoms. The molecule has 1 aliphatic rings. The number of aryl methyl sites for hydroxylation is 1. The predicted octanol–water partition coefficient (Wildman–Crippen LogP) is 6.44. The van der Waals surface area contributed by atoms with E-state index >= 15 is 0 Å². The van der Waals surface area contributed by atoms with Crippen LogP contribution < -0.4 is 9.47 Å². The number of alkyl halides is 3. The average molecular weight is 413 g/mol. The first-order valence-electron chi connectivity index (χ1n) is 9.03. The fourth-order valence-electron chi connectivity index (χ4n) is 2.96. The molecule has 0 radical (unpaired) electrons. The lowest BCUT2D eigenvalue weighted by Crippen LogP contribution is -2.12. The van der Waals surface area contributed by atoms with E-state index in [1.165, 1.54) is 13.0 Å². The summed E-state index contributed by atoms with van der Waals surface area (Å²) >= 11 is 6.01. The molecular formula is C21H20ClF3O3. The molecule has 0 aromatic heterocycles. The molecule has 0 bridgehead atoms. The lowest BCUT2D eigenvalue weighted by molar-refractivity contribution is -0.139. The zero-order valence-electron chi connectivity index (χ0n) is 15.5. The second kappa shape index (κ2) is 8.03. The maximum Gasteiger partial charge on any atom is 0.419 e. The van der Waals surface area contributed by atoms with E-state index in [4.69, 9.17) is 21.1 Å². The van der Waals surface area contributed by atoms with Crippen molar-refractivity contribution in [1.29, 1.82) is 0 Å². The highest BCUT2D eigenvalue weighted by Crippen LogP contribution is 2.45. The van der Waals surface area contributed by atoms with Crippen molar-refractivity contribution in [3.05, 3.63) is 57.6 Å². The molecule has 0 heterocycles. The van der Waals surface area contributed by atoms with Crippen molar-refractivity contribution in [1.82, 2.24) is 0 Å². The molecule has 1 saturated carbocycles. The van der Waals surface area contributed by atoms with Gasteiger partial charge >= 0.3 is 12.1 Å². The number of carbonyl (C=O) groups excluding carboxylic acids is 1. The summed E-state index contributed by atoms with van der Waals surface area (Å²) < 4.78 is 51.2. The Balaban J connectivity index is 1.94. The van der Waals surface area contributed by atoms with Gasteiger partial charge in [0.15, 0.2) is 0 Å². The average Bonchev–Trinajstić information content (AvgIpc) is 3.46. The Morgan fingerprint density at radius 2 is 1.93 bits per heavy atom. The van der Waals surface area contributed by atoms with Crippen LogP contribution >= 0.6 is 11.6 Å². The summed E-state index contributed by atoms with van der Waals surface area (Å²) in [6.07, 6.45) is -2.40. The third-order valence-corrected chi connectivity index (χ3v) is 5.04. The van der Waals surface area contributed by atoms with E-state index in [2.05, 4.69) is 0 Å². The van der Waals surface area contributed by atoms with Crippen LogP contribution in [0.5, 0.6) is 11.5 Å². The van der Waals surface area contributed by atoms with Crippen LogP contribution in [0.2, 0.25) is 5.02 Å². The summed E-state index contributed by atoms with van der Waals surface area (Å²) in [4.78, 5) is 11.7. The first-order chi connectivity index (χ1) is 13.2. The zero-order valence-corrected chi connectivity index (χ0v) is 16.3. The van der Waals surface area contributed by atoms with Crippen LogP contribution in [0.3, 0.4) is 0 Å². The summed E-state index contributed by atoms with van der Waals surface area (Å²) in [6, 6.07) is 7.45. The van der Waals surface area contributed by atoms with Crippen LogP contribution in [0.4, 0.5) is 13.2 Å². The Morgan fingerprint density at radius 1 is 1.21 bits per heavy atom. The summed E-state index contributed by atoms with van der Waals surface area (Å²) in [6.45, 7) is 3.03. The van der Waals surface area contributed by atoms with Gasteiger partial charge in [-0.15, -0.1) is 0 Å². The van der Waals surface area contributed by atoms with Crippen molar-refractivity contribution in [3.8, 4) is 11.5 Å². The summed E-state index contributed by atoms with van der Waals surface area (Å²) in [5.41, 5.74) is 0.965. The lowest BCUT2D eigenvalue weighted by atomic mass is 10.0. The molecule has 0 unspecified atom stereocenters. The number of halogens is 4. The van der Waals surface area contributed by atoms with Gasteiger partial charge in [0.25, 0.3) is 0 Å².